The van der Waals surface area contributed by atoms with Gasteiger partial charge in [-0.25, -0.2) is 0 Å². The number of aliphatic hydroxyl groups excluding tert-OH is 1. The first-order chi connectivity index (χ1) is 18.4. The largest absolute Gasteiger partial charge is 0.459 e. The molecule has 0 radical (unpaired) electrons. The van der Waals surface area contributed by atoms with Gasteiger partial charge >= 0.3 is 0 Å². The van der Waals surface area contributed by atoms with Gasteiger partial charge in [-0.15, -0.1) is 0 Å². The van der Waals surface area contributed by atoms with Crippen molar-refractivity contribution in [3.8, 4) is 0 Å². The van der Waals surface area contributed by atoms with E-state index in [1.165, 1.54) is 6.42 Å². The SMILES string of the molecule is CC(=O)n1cc(C2C=C(C(=O)N(C)C3CCCCC3)OC(OCc3ccc(CO)cc3)C2)c2ccccc21. The van der Waals surface area contributed by atoms with Crippen molar-refractivity contribution in [1.29, 1.82) is 0 Å². The maximum atomic E-state index is 13.6. The summed E-state index contributed by atoms with van der Waals surface area (Å²) in [7, 11) is 1.87. The third-order valence-corrected chi connectivity index (χ3v) is 7.83. The van der Waals surface area contributed by atoms with E-state index in [0.29, 0.717) is 18.8 Å². The van der Waals surface area contributed by atoms with Crippen molar-refractivity contribution in [3.05, 3.63) is 83.3 Å². The van der Waals surface area contributed by atoms with Crippen LogP contribution >= 0.6 is 0 Å². The standard InChI is InChI=1S/C31H36N2O5/c1-21(35)33-18-27(26-10-6-7-11-28(26)33)24-16-29(31(36)32(2)25-8-4-3-5-9-25)38-30(17-24)37-20-23-14-12-22(19-34)13-15-23/h6-7,10-16,18,24-25,30,34H,3-5,8-9,17,19-20H2,1-2H3. The summed E-state index contributed by atoms with van der Waals surface area (Å²) in [5, 5.41) is 10.3. The number of nitrogens with zero attached hydrogens (tertiary/aromatic N) is 2. The zero-order valence-corrected chi connectivity index (χ0v) is 22.1. The molecule has 200 valence electrons. The number of rotatable bonds is 7. The van der Waals surface area contributed by atoms with Gasteiger partial charge in [0.1, 0.15) is 0 Å². The van der Waals surface area contributed by atoms with Gasteiger partial charge in [-0.1, -0.05) is 61.7 Å². The van der Waals surface area contributed by atoms with Crippen LogP contribution in [0.1, 0.15) is 72.9 Å². The third kappa shape index (κ3) is 5.54. The molecule has 2 aromatic carbocycles. The first kappa shape index (κ1) is 26.2. The highest BCUT2D eigenvalue weighted by molar-refractivity contribution is 5.95. The van der Waals surface area contributed by atoms with Crippen LogP contribution in [0, 0.1) is 0 Å². The average molecular weight is 517 g/mol. The molecule has 1 aromatic heterocycles. The molecule has 38 heavy (non-hydrogen) atoms. The van der Waals surface area contributed by atoms with Crippen LogP contribution < -0.4 is 0 Å². The molecule has 1 N–H and O–H groups in total. The Morgan fingerprint density at radius 3 is 2.47 bits per heavy atom. The summed E-state index contributed by atoms with van der Waals surface area (Å²) in [5.74, 6) is -0.0434. The molecule has 5 rings (SSSR count). The molecule has 7 nitrogen and oxygen atoms in total. The number of hydrogen-bond acceptors (Lipinski definition) is 5. The molecule has 2 unspecified atom stereocenters. The molecule has 3 aromatic rings. The van der Waals surface area contributed by atoms with Crippen LogP contribution in [-0.4, -0.2) is 45.8 Å². The molecule has 1 fully saturated rings. The Bertz CT molecular complexity index is 1320. The number of ether oxygens (including phenoxy) is 2. The van der Waals surface area contributed by atoms with Gasteiger partial charge in [0.15, 0.2) is 5.76 Å². The summed E-state index contributed by atoms with van der Waals surface area (Å²) >= 11 is 0. The van der Waals surface area contributed by atoms with Crippen molar-refractivity contribution >= 4 is 22.7 Å². The molecule has 1 amide bonds. The second-order valence-electron chi connectivity index (χ2n) is 10.4. The van der Waals surface area contributed by atoms with Crippen LogP contribution in [0.4, 0.5) is 0 Å². The maximum absolute atomic E-state index is 13.6. The fourth-order valence-corrected chi connectivity index (χ4v) is 5.63. The second kappa shape index (κ2) is 11.5. The molecule has 2 heterocycles. The highest BCUT2D eigenvalue weighted by Gasteiger charge is 2.33. The molecule has 2 aliphatic rings. The summed E-state index contributed by atoms with van der Waals surface area (Å²) in [5.41, 5.74) is 3.62. The van der Waals surface area contributed by atoms with Gasteiger partial charge in [-0.2, -0.15) is 0 Å². The molecular formula is C31H36N2O5. The Morgan fingerprint density at radius 1 is 1.05 bits per heavy atom. The Labute approximate surface area is 223 Å². The minimum Gasteiger partial charge on any atom is -0.459 e. The van der Waals surface area contributed by atoms with Crippen LogP contribution in [0.15, 0.2) is 66.6 Å². The van der Waals surface area contributed by atoms with E-state index in [9.17, 15) is 14.7 Å². The lowest BCUT2D eigenvalue weighted by Gasteiger charge is -2.34. The monoisotopic (exact) mass is 516 g/mol. The zero-order valence-electron chi connectivity index (χ0n) is 22.1. The summed E-state index contributed by atoms with van der Waals surface area (Å²) in [6.07, 6.45) is 9.19. The van der Waals surface area contributed by atoms with Crippen molar-refractivity contribution in [1.82, 2.24) is 9.47 Å². The molecule has 2 atom stereocenters. The molecule has 0 saturated heterocycles. The van der Waals surface area contributed by atoms with Crippen molar-refractivity contribution in [2.45, 2.75) is 76.9 Å². The highest BCUT2D eigenvalue weighted by atomic mass is 16.7. The first-order valence-electron chi connectivity index (χ1n) is 13.5. The number of aliphatic hydroxyl groups is 1. The Hall–Kier alpha value is -3.42. The van der Waals surface area contributed by atoms with Crippen LogP contribution in [0.5, 0.6) is 0 Å². The lowest BCUT2D eigenvalue weighted by Crippen LogP contribution is -2.41. The van der Waals surface area contributed by atoms with Crippen LogP contribution in [-0.2, 0) is 27.5 Å². The Morgan fingerprint density at radius 2 is 1.76 bits per heavy atom. The van der Waals surface area contributed by atoms with E-state index in [1.54, 1.807) is 11.5 Å². The van der Waals surface area contributed by atoms with Gasteiger partial charge in [-0.3, -0.25) is 14.2 Å². The van der Waals surface area contributed by atoms with Gasteiger partial charge in [0.05, 0.1) is 18.7 Å². The number of carbonyl (C=O) groups is 2. The first-order valence-corrected chi connectivity index (χ1v) is 13.5. The second-order valence-corrected chi connectivity index (χ2v) is 10.4. The molecule has 0 spiro atoms. The number of benzene rings is 2. The van der Waals surface area contributed by atoms with Gasteiger partial charge < -0.3 is 19.5 Å². The minimum absolute atomic E-state index is 0.00675. The van der Waals surface area contributed by atoms with Crippen LogP contribution in [0.3, 0.4) is 0 Å². The Kier molecular flexibility index (Phi) is 7.95. The van der Waals surface area contributed by atoms with E-state index < -0.39 is 6.29 Å². The summed E-state index contributed by atoms with van der Waals surface area (Å²) in [6.45, 7) is 1.86. The normalized spacial score (nSPS) is 20.1. The molecule has 1 aliphatic heterocycles. The average Bonchev–Trinajstić information content (AvgIpc) is 3.36. The molecule has 7 heteroatoms. The predicted molar refractivity (Wildman–Crippen MR) is 145 cm³/mol. The van der Waals surface area contributed by atoms with E-state index >= 15 is 0 Å². The number of fused-ring (bicyclic) bond motifs is 1. The fourth-order valence-electron chi connectivity index (χ4n) is 5.63. The fraction of sp³-hybridized carbons (Fsp3) is 0.419. The van der Waals surface area contributed by atoms with Crippen LogP contribution in [0.25, 0.3) is 10.9 Å². The topological polar surface area (TPSA) is 81.0 Å². The van der Waals surface area contributed by atoms with Crippen molar-refractivity contribution in [2.24, 2.45) is 0 Å². The Balaban J connectivity index is 1.44. The smallest absolute Gasteiger partial charge is 0.288 e. The summed E-state index contributed by atoms with van der Waals surface area (Å²) in [6, 6.07) is 15.6. The third-order valence-electron chi connectivity index (χ3n) is 7.83. The quantitative estimate of drug-likeness (QED) is 0.448. The van der Waals surface area contributed by atoms with Gasteiger partial charge in [-0.05, 0) is 41.7 Å². The van der Waals surface area contributed by atoms with Crippen molar-refractivity contribution < 1.29 is 24.2 Å². The number of aromatic nitrogens is 1. The predicted octanol–water partition coefficient (Wildman–Crippen LogP) is 5.52. The van der Waals surface area contributed by atoms with Crippen molar-refractivity contribution in [3.63, 3.8) is 0 Å². The lowest BCUT2D eigenvalue weighted by molar-refractivity contribution is -0.156. The van der Waals surface area contributed by atoms with E-state index in [1.807, 2.05) is 72.8 Å². The molecule has 1 aliphatic carbocycles. The van der Waals surface area contributed by atoms with Gasteiger partial charge in [0.2, 0.25) is 12.2 Å². The summed E-state index contributed by atoms with van der Waals surface area (Å²) < 4.78 is 14.0. The van der Waals surface area contributed by atoms with Gasteiger partial charge in [0.25, 0.3) is 5.91 Å². The number of likely N-dealkylation sites (N-methyl/N-ethyl adjacent to an activating group) is 1. The number of para-hydroxylation sites is 1. The highest BCUT2D eigenvalue weighted by Crippen LogP contribution is 2.37. The number of allylic oxidation sites excluding steroid dienone is 1. The van der Waals surface area contributed by atoms with E-state index in [0.717, 1.165) is 53.3 Å². The van der Waals surface area contributed by atoms with Crippen molar-refractivity contribution in [2.75, 3.05) is 7.05 Å². The minimum atomic E-state index is -0.624. The maximum Gasteiger partial charge on any atom is 0.288 e. The lowest BCUT2D eigenvalue weighted by atomic mass is 9.91. The molecular weight excluding hydrogens is 480 g/mol. The van der Waals surface area contributed by atoms with E-state index in [4.69, 9.17) is 9.47 Å². The van der Waals surface area contributed by atoms with Crippen LogP contribution in [0.2, 0.25) is 0 Å². The van der Waals surface area contributed by atoms with E-state index in [2.05, 4.69) is 0 Å². The molecule has 0 bridgehead atoms. The number of hydrogen-bond donors (Lipinski definition) is 1. The zero-order chi connectivity index (χ0) is 26.6. The summed E-state index contributed by atoms with van der Waals surface area (Å²) in [4.78, 5) is 27.8. The van der Waals surface area contributed by atoms with Gasteiger partial charge in [0, 0.05) is 43.9 Å². The molecule has 1 saturated carbocycles. The van der Waals surface area contributed by atoms with E-state index in [-0.39, 0.29) is 30.4 Å². The number of amides is 1. The number of carbonyl (C=O) groups excluding carboxylic acids is 2.